The molecule has 0 atom stereocenters. The van der Waals surface area contributed by atoms with E-state index in [2.05, 4.69) is 5.32 Å². The van der Waals surface area contributed by atoms with Gasteiger partial charge in [-0.3, -0.25) is 9.59 Å². The molecule has 0 fully saturated rings. The first-order valence-corrected chi connectivity index (χ1v) is 5.80. The fraction of sp³-hybridized carbons (Fsp3) is 0.385. The van der Waals surface area contributed by atoms with Crippen LogP contribution in [-0.2, 0) is 4.79 Å². The van der Waals surface area contributed by atoms with Crippen LogP contribution < -0.4 is 5.32 Å². The molecule has 110 valence electrons. The van der Waals surface area contributed by atoms with Crippen molar-refractivity contribution in [3.63, 3.8) is 0 Å². The van der Waals surface area contributed by atoms with E-state index in [-0.39, 0.29) is 11.5 Å². The lowest BCUT2D eigenvalue weighted by atomic mass is 10.1. The normalized spacial score (nSPS) is 11.1. The highest BCUT2D eigenvalue weighted by molar-refractivity contribution is 5.97. The maximum absolute atomic E-state index is 12.2. The Morgan fingerprint density at radius 3 is 2.40 bits per heavy atom. The number of nitrogens with zero attached hydrogens (tertiary/aromatic N) is 1. The monoisotopic (exact) mass is 288 g/mol. The molecular formula is C13H15F3N2O2. The van der Waals surface area contributed by atoms with Gasteiger partial charge in [-0.1, -0.05) is 6.07 Å². The minimum absolute atomic E-state index is 0.0890. The number of halogens is 3. The van der Waals surface area contributed by atoms with Gasteiger partial charge >= 0.3 is 6.18 Å². The van der Waals surface area contributed by atoms with E-state index in [0.717, 1.165) is 12.6 Å². The van der Waals surface area contributed by atoms with E-state index in [4.69, 9.17) is 0 Å². The first-order chi connectivity index (χ1) is 9.10. The van der Waals surface area contributed by atoms with Crippen LogP contribution in [0.15, 0.2) is 18.2 Å². The van der Waals surface area contributed by atoms with E-state index < -0.39 is 18.6 Å². The van der Waals surface area contributed by atoms with Crippen LogP contribution in [0.4, 0.5) is 18.9 Å². The Kier molecular flexibility index (Phi) is 4.75. The molecule has 7 heteroatoms. The smallest absolute Gasteiger partial charge is 0.333 e. The number of hydrogen-bond acceptors (Lipinski definition) is 2. The average Bonchev–Trinajstić information content (AvgIpc) is 2.28. The fourth-order valence-corrected chi connectivity index (χ4v) is 1.64. The summed E-state index contributed by atoms with van der Waals surface area (Å²) >= 11 is 0. The van der Waals surface area contributed by atoms with Gasteiger partial charge in [0.15, 0.2) is 0 Å². The molecule has 0 aromatic heterocycles. The molecule has 4 nitrogen and oxygen atoms in total. The Labute approximate surface area is 114 Å². The summed E-state index contributed by atoms with van der Waals surface area (Å²) in [5.41, 5.74) is 1.21. The highest BCUT2D eigenvalue weighted by Crippen LogP contribution is 2.20. The SMILES string of the molecule is CC(=O)Nc1cc(C(=O)N(C)CC(F)(F)F)ccc1C. The molecule has 2 amide bonds. The van der Waals surface area contributed by atoms with Crippen LogP contribution in [0.1, 0.15) is 22.8 Å². The molecule has 20 heavy (non-hydrogen) atoms. The number of alkyl halides is 3. The molecule has 1 N–H and O–H groups in total. The number of rotatable bonds is 3. The predicted molar refractivity (Wildman–Crippen MR) is 68.5 cm³/mol. The number of anilines is 1. The molecule has 0 saturated carbocycles. The van der Waals surface area contributed by atoms with Crippen molar-refractivity contribution < 1.29 is 22.8 Å². The summed E-state index contributed by atoms with van der Waals surface area (Å²) in [5, 5.41) is 2.52. The van der Waals surface area contributed by atoms with Gasteiger partial charge in [-0.25, -0.2) is 0 Å². The van der Waals surface area contributed by atoms with Crippen LogP contribution in [0, 0.1) is 6.92 Å². The highest BCUT2D eigenvalue weighted by Gasteiger charge is 2.31. The van der Waals surface area contributed by atoms with Crippen molar-refractivity contribution in [1.82, 2.24) is 4.90 Å². The molecule has 0 aliphatic rings. The molecule has 0 bridgehead atoms. The number of hydrogen-bond donors (Lipinski definition) is 1. The lowest BCUT2D eigenvalue weighted by Gasteiger charge is -2.19. The lowest BCUT2D eigenvalue weighted by molar-refractivity contribution is -0.138. The first kappa shape index (κ1) is 16.0. The lowest BCUT2D eigenvalue weighted by Crippen LogP contribution is -2.35. The molecule has 0 saturated heterocycles. The third-order valence-corrected chi connectivity index (χ3v) is 2.56. The number of carbonyl (C=O) groups excluding carboxylic acids is 2. The van der Waals surface area contributed by atoms with Gasteiger partial charge in [0.1, 0.15) is 6.54 Å². The van der Waals surface area contributed by atoms with Crippen molar-refractivity contribution >= 4 is 17.5 Å². The van der Waals surface area contributed by atoms with Gasteiger partial charge in [-0.05, 0) is 24.6 Å². The van der Waals surface area contributed by atoms with Gasteiger partial charge in [-0.15, -0.1) is 0 Å². The minimum Gasteiger partial charge on any atom is -0.333 e. The van der Waals surface area contributed by atoms with Crippen LogP contribution in [0.25, 0.3) is 0 Å². The number of carbonyl (C=O) groups is 2. The number of amides is 2. The van der Waals surface area contributed by atoms with Crippen LogP contribution >= 0.6 is 0 Å². The van der Waals surface area contributed by atoms with E-state index >= 15 is 0 Å². The Morgan fingerprint density at radius 2 is 1.90 bits per heavy atom. The maximum atomic E-state index is 12.2. The van der Waals surface area contributed by atoms with Gasteiger partial charge in [0.2, 0.25) is 5.91 Å². The van der Waals surface area contributed by atoms with E-state index in [1.54, 1.807) is 13.0 Å². The van der Waals surface area contributed by atoms with E-state index in [1.165, 1.54) is 19.1 Å². The zero-order valence-corrected chi connectivity index (χ0v) is 11.3. The molecule has 0 aliphatic carbocycles. The van der Waals surface area contributed by atoms with Crippen LogP contribution in [0.3, 0.4) is 0 Å². The van der Waals surface area contributed by atoms with Crippen molar-refractivity contribution in [1.29, 1.82) is 0 Å². The Morgan fingerprint density at radius 1 is 1.30 bits per heavy atom. The van der Waals surface area contributed by atoms with Crippen molar-refractivity contribution in [2.24, 2.45) is 0 Å². The highest BCUT2D eigenvalue weighted by atomic mass is 19.4. The van der Waals surface area contributed by atoms with Crippen molar-refractivity contribution in [2.45, 2.75) is 20.0 Å². The summed E-state index contributed by atoms with van der Waals surface area (Å²) in [6.45, 7) is 1.71. The standard InChI is InChI=1S/C13H15F3N2O2/c1-8-4-5-10(6-11(8)17-9(2)19)12(20)18(3)7-13(14,15)16/h4-6H,7H2,1-3H3,(H,17,19). The Bertz CT molecular complexity index is 527. The second kappa shape index (κ2) is 5.94. The molecule has 1 aromatic carbocycles. The molecule has 1 aromatic rings. The van der Waals surface area contributed by atoms with Crippen LogP contribution in [0.2, 0.25) is 0 Å². The van der Waals surface area contributed by atoms with Gasteiger partial charge in [0.25, 0.3) is 5.91 Å². The second-order valence-corrected chi connectivity index (χ2v) is 4.49. The third kappa shape index (κ3) is 4.56. The van der Waals surface area contributed by atoms with Crippen LogP contribution in [0.5, 0.6) is 0 Å². The van der Waals surface area contributed by atoms with E-state index in [9.17, 15) is 22.8 Å². The Balaban J connectivity index is 2.96. The van der Waals surface area contributed by atoms with Gasteiger partial charge < -0.3 is 10.2 Å². The number of benzene rings is 1. The molecular weight excluding hydrogens is 273 g/mol. The summed E-state index contributed by atoms with van der Waals surface area (Å²) in [7, 11) is 1.08. The maximum Gasteiger partial charge on any atom is 0.406 e. The summed E-state index contributed by atoms with van der Waals surface area (Å²) in [5.74, 6) is -1.07. The molecule has 0 aliphatic heterocycles. The molecule has 1 rings (SSSR count). The van der Waals surface area contributed by atoms with Crippen molar-refractivity contribution in [3.8, 4) is 0 Å². The predicted octanol–water partition coefficient (Wildman–Crippen LogP) is 2.59. The fourth-order valence-electron chi connectivity index (χ4n) is 1.64. The Hall–Kier alpha value is -2.05. The average molecular weight is 288 g/mol. The minimum atomic E-state index is -4.45. The van der Waals surface area contributed by atoms with Crippen molar-refractivity contribution in [2.75, 3.05) is 18.9 Å². The van der Waals surface area contributed by atoms with Crippen LogP contribution in [-0.4, -0.2) is 36.5 Å². The summed E-state index contributed by atoms with van der Waals surface area (Å²) in [6.07, 6.45) is -4.45. The number of aryl methyl sites for hydroxylation is 1. The van der Waals surface area contributed by atoms with Gasteiger partial charge in [-0.2, -0.15) is 13.2 Å². The topological polar surface area (TPSA) is 49.4 Å². The summed E-state index contributed by atoms with van der Waals surface area (Å²) < 4.78 is 36.7. The van der Waals surface area contributed by atoms with Crippen molar-refractivity contribution in [3.05, 3.63) is 29.3 Å². The van der Waals surface area contributed by atoms with E-state index in [0.29, 0.717) is 10.6 Å². The molecule has 0 heterocycles. The number of nitrogens with one attached hydrogen (secondary N) is 1. The molecule has 0 radical (unpaired) electrons. The quantitative estimate of drug-likeness (QED) is 0.929. The second-order valence-electron chi connectivity index (χ2n) is 4.49. The molecule has 0 spiro atoms. The molecule has 0 unspecified atom stereocenters. The zero-order chi connectivity index (χ0) is 15.5. The van der Waals surface area contributed by atoms with Gasteiger partial charge in [0, 0.05) is 25.2 Å². The first-order valence-electron chi connectivity index (χ1n) is 5.80. The third-order valence-electron chi connectivity index (χ3n) is 2.56. The summed E-state index contributed by atoms with van der Waals surface area (Å²) in [6, 6.07) is 4.36. The van der Waals surface area contributed by atoms with E-state index in [1.807, 2.05) is 0 Å². The largest absolute Gasteiger partial charge is 0.406 e. The zero-order valence-electron chi connectivity index (χ0n) is 11.3. The van der Waals surface area contributed by atoms with Gasteiger partial charge in [0.05, 0.1) is 0 Å². The summed E-state index contributed by atoms with van der Waals surface area (Å²) in [4.78, 5) is 23.5.